The van der Waals surface area contributed by atoms with Crippen molar-refractivity contribution in [3.8, 4) is 0 Å². The number of carboxylic acid groups (broad SMARTS) is 2. The second-order valence-electron chi connectivity index (χ2n) is 3.43. The van der Waals surface area contributed by atoms with E-state index >= 15 is 0 Å². The summed E-state index contributed by atoms with van der Waals surface area (Å²) in [5, 5.41) is 20.7. The number of carbonyl (C=O) groups is 2. The number of allylic oxidation sites excluding steroid dienone is 2. The maximum absolute atomic E-state index is 11.2. The minimum atomic E-state index is -1.33. The Morgan fingerprint density at radius 1 is 1.47 bits per heavy atom. The molecule has 3 N–H and O–H groups in total. The Bertz CT molecular complexity index is 358. The van der Waals surface area contributed by atoms with Crippen LogP contribution in [0.1, 0.15) is 6.92 Å². The topological polar surface area (TPSA) is 86.6 Å². The summed E-state index contributed by atoms with van der Waals surface area (Å²) in [6, 6.07) is 0. The second kappa shape index (κ2) is 3.86. The summed E-state index contributed by atoms with van der Waals surface area (Å²) >= 11 is 0. The van der Waals surface area contributed by atoms with Crippen molar-refractivity contribution < 1.29 is 19.8 Å². The van der Waals surface area contributed by atoms with Crippen molar-refractivity contribution >= 4 is 11.9 Å². The van der Waals surface area contributed by atoms with Gasteiger partial charge in [-0.2, -0.15) is 0 Å². The zero-order valence-electron chi connectivity index (χ0n) is 8.52. The van der Waals surface area contributed by atoms with Crippen LogP contribution in [0.2, 0.25) is 0 Å². The van der Waals surface area contributed by atoms with E-state index in [0.29, 0.717) is 0 Å². The molecule has 0 saturated carbocycles. The van der Waals surface area contributed by atoms with E-state index in [1.807, 2.05) is 0 Å². The molecule has 0 aromatic heterocycles. The molecule has 0 heterocycles. The molecule has 1 aliphatic rings. The summed E-state index contributed by atoms with van der Waals surface area (Å²) < 4.78 is 0. The van der Waals surface area contributed by atoms with Crippen molar-refractivity contribution in [1.29, 1.82) is 0 Å². The summed E-state index contributed by atoms with van der Waals surface area (Å²) in [5.41, 5.74) is -1.24. The number of likely N-dealkylation sites (N-methyl/N-ethyl adjacent to an activating group) is 1. The fourth-order valence-electron chi connectivity index (χ4n) is 1.76. The quantitative estimate of drug-likeness (QED) is 0.622. The number of aliphatic carboxylic acids is 2. The van der Waals surface area contributed by atoms with Gasteiger partial charge in [0.05, 0.1) is 0 Å². The first-order valence-corrected chi connectivity index (χ1v) is 4.50. The highest BCUT2D eigenvalue weighted by atomic mass is 16.4. The van der Waals surface area contributed by atoms with Crippen molar-refractivity contribution in [2.24, 2.45) is 5.92 Å². The summed E-state index contributed by atoms with van der Waals surface area (Å²) in [4.78, 5) is 22.0. The van der Waals surface area contributed by atoms with Crippen molar-refractivity contribution in [2.45, 2.75) is 12.5 Å². The van der Waals surface area contributed by atoms with Gasteiger partial charge in [-0.1, -0.05) is 25.2 Å². The van der Waals surface area contributed by atoms with Gasteiger partial charge >= 0.3 is 11.9 Å². The van der Waals surface area contributed by atoms with Crippen LogP contribution in [0, 0.1) is 5.92 Å². The average molecular weight is 211 g/mol. The van der Waals surface area contributed by atoms with Crippen LogP contribution >= 0.6 is 0 Å². The first kappa shape index (κ1) is 11.5. The predicted octanol–water partition coefficient (Wildman–Crippen LogP) is 0.246. The van der Waals surface area contributed by atoms with Gasteiger partial charge in [0.1, 0.15) is 5.54 Å². The summed E-state index contributed by atoms with van der Waals surface area (Å²) in [6.45, 7) is 1.58. The lowest BCUT2D eigenvalue weighted by Crippen LogP contribution is -2.55. The monoisotopic (exact) mass is 211 g/mol. The Labute approximate surface area is 87.1 Å². The van der Waals surface area contributed by atoms with Gasteiger partial charge in [0, 0.05) is 11.5 Å². The molecule has 5 nitrogen and oxygen atoms in total. The Kier molecular flexibility index (Phi) is 2.95. The van der Waals surface area contributed by atoms with Gasteiger partial charge in [-0.25, -0.2) is 9.59 Å². The zero-order chi connectivity index (χ0) is 11.6. The first-order valence-electron chi connectivity index (χ1n) is 4.50. The Balaban J connectivity index is 3.18. The van der Waals surface area contributed by atoms with E-state index in [0.717, 1.165) is 0 Å². The van der Waals surface area contributed by atoms with Crippen molar-refractivity contribution in [3.05, 3.63) is 23.8 Å². The minimum absolute atomic E-state index is 0.0919. The summed E-state index contributed by atoms with van der Waals surface area (Å²) in [5.74, 6) is -2.80. The maximum atomic E-state index is 11.2. The fraction of sp³-hybridized carbons (Fsp3) is 0.400. The van der Waals surface area contributed by atoms with Crippen LogP contribution in [0.25, 0.3) is 0 Å². The van der Waals surface area contributed by atoms with Gasteiger partial charge in [-0.15, -0.1) is 0 Å². The Morgan fingerprint density at radius 3 is 2.47 bits per heavy atom. The molecule has 0 spiro atoms. The third kappa shape index (κ3) is 1.66. The smallest absolute Gasteiger partial charge is 0.331 e. The highest BCUT2D eigenvalue weighted by Crippen LogP contribution is 2.30. The second-order valence-corrected chi connectivity index (χ2v) is 3.43. The molecule has 82 valence electrons. The molecule has 0 aromatic rings. The average Bonchev–Trinajstić information content (AvgIpc) is 2.17. The number of carboxylic acids is 2. The molecular weight excluding hydrogens is 198 g/mol. The number of hydrogen-bond donors (Lipinski definition) is 3. The van der Waals surface area contributed by atoms with Crippen molar-refractivity contribution in [3.63, 3.8) is 0 Å². The molecular formula is C10H13NO4. The molecule has 2 unspecified atom stereocenters. The van der Waals surface area contributed by atoms with E-state index in [-0.39, 0.29) is 5.57 Å². The van der Waals surface area contributed by atoms with E-state index in [2.05, 4.69) is 5.32 Å². The van der Waals surface area contributed by atoms with E-state index < -0.39 is 23.4 Å². The fourth-order valence-corrected chi connectivity index (χ4v) is 1.76. The summed E-state index contributed by atoms with van der Waals surface area (Å²) in [6.07, 6.45) is 4.34. The molecule has 0 aromatic carbocycles. The molecule has 0 aliphatic heterocycles. The van der Waals surface area contributed by atoms with Crippen LogP contribution < -0.4 is 5.32 Å². The molecule has 1 aliphatic carbocycles. The maximum Gasteiger partial charge on any atom is 0.331 e. The third-order valence-electron chi connectivity index (χ3n) is 2.80. The standard InChI is InChI=1S/C10H13NO4/c1-6-7(8(12)13)4-3-5-10(6,11-2)9(14)15/h3-6,11H,1-2H3,(H,12,13)(H,14,15). The number of nitrogens with one attached hydrogen (secondary N) is 1. The lowest BCUT2D eigenvalue weighted by Gasteiger charge is -2.34. The third-order valence-corrected chi connectivity index (χ3v) is 2.80. The van der Waals surface area contributed by atoms with Gasteiger partial charge in [-0.3, -0.25) is 0 Å². The lowest BCUT2D eigenvalue weighted by molar-refractivity contribution is -0.144. The van der Waals surface area contributed by atoms with Crippen molar-refractivity contribution in [2.75, 3.05) is 7.05 Å². The molecule has 0 amide bonds. The van der Waals surface area contributed by atoms with Crippen LogP contribution in [0.4, 0.5) is 0 Å². The van der Waals surface area contributed by atoms with Gasteiger partial charge in [0.15, 0.2) is 0 Å². The largest absolute Gasteiger partial charge is 0.480 e. The minimum Gasteiger partial charge on any atom is -0.480 e. The highest BCUT2D eigenvalue weighted by Gasteiger charge is 2.44. The van der Waals surface area contributed by atoms with E-state index in [9.17, 15) is 9.59 Å². The van der Waals surface area contributed by atoms with Crippen LogP contribution in [0.15, 0.2) is 23.8 Å². The van der Waals surface area contributed by atoms with Crippen LogP contribution in [-0.4, -0.2) is 34.7 Å². The Morgan fingerprint density at radius 2 is 2.07 bits per heavy atom. The van der Waals surface area contributed by atoms with E-state index in [1.54, 1.807) is 6.92 Å². The van der Waals surface area contributed by atoms with E-state index in [4.69, 9.17) is 10.2 Å². The SMILES string of the molecule is CNC1(C(=O)O)C=CC=C(C(=O)O)C1C. The normalized spacial score (nSPS) is 29.7. The van der Waals surface area contributed by atoms with Crippen LogP contribution in [0.3, 0.4) is 0 Å². The van der Waals surface area contributed by atoms with Gasteiger partial charge < -0.3 is 15.5 Å². The molecule has 0 radical (unpaired) electrons. The molecule has 0 saturated heterocycles. The first-order chi connectivity index (χ1) is 6.95. The number of rotatable bonds is 3. The predicted molar refractivity (Wildman–Crippen MR) is 53.4 cm³/mol. The van der Waals surface area contributed by atoms with E-state index in [1.165, 1.54) is 25.3 Å². The zero-order valence-corrected chi connectivity index (χ0v) is 8.52. The molecule has 15 heavy (non-hydrogen) atoms. The number of hydrogen-bond acceptors (Lipinski definition) is 3. The molecule has 2 atom stereocenters. The Hall–Kier alpha value is -1.62. The van der Waals surface area contributed by atoms with Gasteiger partial charge in [0.2, 0.25) is 0 Å². The van der Waals surface area contributed by atoms with Crippen LogP contribution in [0.5, 0.6) is 0 Å². The van der Waals surface area contributed by atoms with Gasteiger partial charge in [0.25, 0.3) is 0 Å². The summed E-state index contributed by atoms with van der Waals surface area (Å²) in [7, 11) is 1.50. The van der Waals surface area contributed by atoms with Crippen LogP contribution in [-0.2, 0) is 9.59 Å². The molecule has 5 heteroatoms. The van der Waals surface area contributed by atoms with Gasteiger partial charge in [-0.05, 0) is 7.05 Å². The van der Waals surface area contributed by atoms with Crippen molar-refractivity contribution in [1.82, 2.24) is 5.32 Å². The molecule has 0 fully saturated rings. The molecule has 0 bridgehead atoms. The molecule has 1 rings (SSSR count). The highest BCUT2D eigenvalue weighted by molar-refractivity contribution is 5.92. The lowest BCUT2D eigenvalue weighted by atomic mass is 9.77.